The summed E-state index contributed by atoms with van der Waals surface area (Å²) in [4.78, 5) is 0. The van der Waals surface area contributed by atoms with Gasteiger partial charge in [0.1, 0.15) is 23.9 Å². The van der Waals surface area contributed by atoms with Gasteiger partial charge in [0.05, 0.1) is 38.7 Å². The van der Waals surface area contributed by atoms with Crippen LogP contribution in [0.1, 0.15) is 29.2 Å². The molecule has 0 bridgehead atoms. The van der Waals surface area contributed by atoms with Gasteiger partial charge in [-0.3, -0.25) is 0 Å². The van der Waals surface area contributed by atoms with Crippen molar-refractivity contribution in [2.75, 3.05) is 6.61 Å². The predicted molar refractivity (Wildman–Crippen MR) is 166 cm³/mol. The Balaban J connectivity index is 1.36. The molecule has 5 atom stereocenters. The average molecular weight is 646 g/mol. The highest BCUT2D eigenvalue weighted by Crippen LogP contribution is 2.35. The number of benzene rings is 4. The first-order valence-electron chi connectivity index (χ1n) is 15.3. The quantitative estimate of drug-likeness (QED) is 0.157. The van der Waals surface area contributed by atoms with Crippen LogP contribution in [0.2, 0.25) is 0 Å². The highest BCUT2D eigenvalue weighted by molar-refractivity contribution is 5.58. The first-order valence-corrected chi connectivity index (χ1v) is 15.3. The van der Waals surface area contributed by atoms with Crippen LogP contribution in [-0.2, 0) is 38.8 Å². The Bertz CT molecular complexity index is 1690. The number of aromatic nitrogens is 3. The molecular weight excluding hydrogens is 611 g/mol. The summed E-state index contributed by atoms with van der Waals surface area (Å²) in [6.45, 7) is 0.766. The molecule has 0 spiro atoms. The maximum Gasteiger partial charge on any atom is 0.194 e. The van der Waals surface area contributed by atoms with E-state index in [2.05, 4.69) is 10.3 Å². The fourth-order valence-corrected chi connectivity index (χ4v) is 5.60. The van der Waals surface area contributed by atoms with Gasteiger partial charge < -0.3 is 24.1 Å². The lowest BCUT2D eigenvalue weighted by Gasteiger charge is -2.34. The number of aliphatic hydroxyl groups excluding tert-OH is 1. The van der Waals surface area contributed by atoms with Crippen molar-refractivity contribution in [1.82, 2.24) is 15.0 Å². The van der Waals surface area contributed by atoms with Crippen molar-refractivity contribution in [2.45, 2.75) is 56.9 Å². The molecule has 6 rings (SSSR count). The summed E-state index contributed by atoms with van der Waals surface area (Å²) in [6.07, 6.45) is -2.01. The van der Waals surface area contributed by atoms with Gasteiger partial charge in [0.25, 0.3) is 0 Å². The van der Waals surface area contributed by atoms with Crippen molar-refractivity contribution in [3.63, 3.8) is 0 Å². The van der Waals surface area contributed by atoms with E-state index in [1.165, 1.54) is 10.9 Å². The molecule has 0 amide bonds. The van der Waals surface area contributed by atoms with Gasteiger partial charge in [-0.15, -0.1) is 5.10 Å². The van der Waals surface area contributed by atoms with Gasteiger partial charge >= 0.3 is 0 Å². The Morgan fingerprint density at radius 2 is 1.32 bits per heavy atom. The van der Waals surface area contributed by atoms with E-state index in [9.17, 15) is 18.3 Å². The molecule has 1 saturated heterocycles. The van der Waals surface area contributed by atoms with E-state index in [0.29, 0.717) is 6.61 Å². The molecule has 1 aliphatic rings. The van der Waals surface area contributed by atoms with Crippen molar-refractivity contribution >= 4 is 0 Å². The van der Waals surface area contributed by atoms with Crippen LogP contribution in [0.25, 0.3) is 11.3 Å². The zero-order valence-corrected chi connectivity index (χ0v) is 25.4. The van der Waals surface area contributed by atoms with Crippen molar-refractivity contribution in [3.8, 4) is 11.3 Å². The van der Waals surface area contributed by atoms with Crippen LogP contribution in [0.4, 0.5) is 13.2 Å². The molecule has 1 aromatic heterocycles. The Hall–Kier alpha value is -4.39. The van der Waals surface area contributed by atoms with Crippen LogP contribution < -0.4 is 0 Å². The number of ether oxygens (including phenoxy) is 4. The molecule has 47 heavy (non-hydrogen) atoms. The van der Waals surface area contributed by atoms with Crippen molar-refractivity contribution < 1.29 is 37.2 Å². The fourth-order valence-electron chi connectivity index (χ4n) is 5.60. The third-order valence-electron chi connectivity index (χ3n) is 7.93. The average Bonchev–Trinajstić information content (AvgIpc) is 3.53. The lowest BCUT2D eigenvalue weighted by atomic mass is 9.98. The molecule has 2 heterocycles. The highest BCUT2D eigenvalue weighted by Gasteiger charge is 2.44. The second-order valence-corrected chi connectivity index (χ2v) is 11.3. The Morgan fingerprint density at radius 3 is 1.91 bits per heavy atom. The first-order chi connectivity index (χ1) is 22.9. The largest absolute Gasteiger partial charge is 0.374 e. The summed E-state index contributed by atoms with van der Waals surface area (Å²) in [5, 5.41) is 19.6. The van der Waals surface area contributed by atoms with Crippen LogP contribution >= 0.6 is 0 Å². The van der Waals surface area contributed by atoms with E-state index in [1.807, 2.05) is 91.0 Å². The second kappa shape index (κ2) is 15.5. The molecule has 11 heteroatoms. The van der Waals surface area contributed by atoms with E-state index >= 15 is 0 Å². The Morgan fingerprint density at radius 1 is 0.766 bits per heavy atom. The van der Waals surface area contributed by atoms with E-state index in [4.69, 9.17) is 18.9 Å². The zero-order valence-electron chi connectivity index (χ0n) is 25.4. The van der Waals surface area contributed by atoms with Gasteiger partial charge in [0, 0.05) is 12.0 Å². The summed E-state index contributed by atoms with van der Waals surface area (Å²) in [7, 11) is 0. The van der Waals surface area contributed by atoms with Gasteiger partial charge in [-0.2, -0.15) is 0 Å². The van der Waals surface area contributed by atoms with Crippen molar-refractivity contribution in [3.05, 3.63) is 143 Å². The number of nitrogens with zero attached hydrogens (tertiary/aromatic N) is 3. The lowest BCUT2D eigenvalue weighted by Crippen LogP contribution is -2.45. The SMILES string of the molecule is OC1CC(OCc2ccccc2)C(n2cc(-c3cc(F)c(F)c(F)c3)nn2)[C@@H](OCc2ccccc2)C(COCc2ccccc2)O1. The number of hydrogen-bond donors (Lipinski definition) is 1. The molecule has 1 fully saturated rings. The molecule has 1 aliphatic heterocycles. The summed E-state index contributed by atoms with van der Waals surface area (Å²) in [5.41, 5.74) is 2.88. The fraction of sp³-hybridized carbons (Fsp3) is 0.278. The van der Waals surface area contributed by atoms with Crippen molar-refractivity contribution in [1.29, 1.82) is 0 Å². The van der Waals surface area contributed by atoms with E-state index in [0.717, 1.165) is 28.8 Å². The van der Waals surface area contributed by atoms with Crippen molar-refractivity contribution in [2.24, 2.45) is 0 Å². The van der Waals surface area contributed by atoms with Gasteiger partial charge in [0.2, 0.25) is 0 Å². The molecule has 8 nitrogen and oxygen atoms in total. The van der Waals surface area contributed by atoms with Crippen LogP contribution in [0, 0.1) is 17.5 Å². The third-order valence-corrected chi connectivity index (χ3v) is 7.93. The molecule has 0 aliphatic carbocycles. The zero-order chi connectivity index (χ0) is 32.6. The van der Waals surface area contributed by atoms with Gasteiger partial charge in [-0.05, 0) is 28.8 Å². The number of halogens is 3. The smallest absolute Gasteiger partial charge is 0.194 e. The maximum absolute atomic E-state index is 14.2. The van der Waals surface area contributed by atoms with Crippen LogP contribution in [0.3, 0.4) is 0 Å². The molecule has 5 aromatic rings. The summed E-state index contributed by atoms with van der Waals surface area (Å²) in [6, 6.07) is 29.7. The van der Waals surface area contributed by atoms with E-state index < -0.39 is 48.1 Å². The number of aliphatic hydroxyl groups is 1. The van der Waals surface area contributed by atoms with Crippen LogP contribution in [-0.4, -0.2) is 51.3 Å². The van der Waals surface area contributed by atoms with Gasteiger partial charge in [-0.25, -0.2) is 17.9 Å². The second-order valence-electron chi connectivity index (χ2n) is 11.3. The molecular formula is C36H34F3N3O5. The normalized spacial score (nSPS) is 21.4. The minimum absolute atomic E-state index is 0.00353. The van der Waals surface area contributed by atoms with E-state index in [-0.39, 0.29) is 37.5 Å². The molecule has 1 N–H and O–H groups in total. The monoisotopic (exact) mass is 645 g/mol. The van der Waals surface area contributed by atoms with Crippen LogP contribution in [0.15, 0.2) is 109 Å². The summed E-state index contributed by atoms with van der Waals surface area (Å²) < 4.78 is 68.8. The molecule has 244 valence electrons. The third kappa shape index (κ3) is 8.31. The van der Waals surface area contributed by atoms with Gasteiger partial charge in [-0.1, -0.05) is 96.2 Å². The minimum Gasteiger partial charge on any atom is -0.374 e. The van der Waals surface area contributed by atoms with E-state index in [1.54, 1.807) is 0 Å². The number of rotatable bonds is 12. The van der Waals surface area contributed by atoms with Gasteiger partial charge in [0.15, 0.2) is 23.7 Å². The summed E-state index contributed by atoms with van der Waals surface area (Å²) in [5.74, 6) is -4.26. The minimum atomic E-state index is -1.57. The Labute approximate surface area is 270 Å². The van der Waals surface area contributed by atoms with Crippen LogP contribution in [0.5, 0.6) is 0 Å². The molecule has 0 radical (unpaired) electrons. The lowest BCUT2D eigenvalue weighted by molar-refractivity contribution is -0.187. The number of hydrogen-bond acceptors (Lipinski definition) is 7. The predicted octanol–water partition coefficient (Wildman–Crippen LogP) is 6.40. The highest BCUT2D eigenvalue weighted by atomic mass is 19.2. The molecule has 0 saturated carbocycles. The Kier molecular flexibility index (Phi) is 10.7. The molecule has 4 unspecified atom stereocenters. The summed E-state index contributed by atoms with van der Waals surface area (Å²) >= 11 is 0. The maximum atomic E-state index is 14.2. The topological polar surface area (TPSA) is 87.9 Å². The molecule has 4 aromatic carbocycles. The first kappa shape index (κ1) is 32.5. The standard InChI is InChI=1S/C36H34F3N3O5/c37-28-16-27(17-29(38)34(28)39)30-19-42(41-40-30)35-31(45-21-25-12-6-2-7-13-25)18-33(43)47-32(23-44-20-24-10-4-1-5-11-24)36(35)46-22-26-14-8-3-9-15-26/h1-17,19,31-33,35-36,43H,18,20-23H2/t31?,32?,33?,35?,36-/m0/s1.